The van der Waals surface area contributed by atoms with Gasteiger partial charge in [-0.15, -0.1) is 5.10 Å². The van der Waals surface area contributed by atoms with Gasteiger partial charge in [0.15, 0.2) is 0 Å². The summed E-state index contributed by atoms with van der Waals surface area (Å²) in [7, 11) is 0. The number of hydrogen-bond acceptors (Lipinski definition) is 5. The first-order valence-electron chi connectivity index (χ1n) is 8.87. The summed E-state index contributed by atoms with van der Waals surface area (Å²) in [4.78, 5) is 13.0. The molecule has 0 aliphatic rings. The number of carbonyl (C=O) groups is 1. The number of anilines is 2. The van der Waals surface area contributed by atoms with Gasteiger partial charge < -0.3 is 14.8 Å². The Morgan fingerprint density at radius 3 is 2.57 bits per heavy atom. The van der Waals surface area contributed by atoms with Gasteiger partial charge in [-0.2, -0.15) is 0 Å². The minimum Gasteiger partial charge on any atom is -0.508 e. The maximum atomic E-state index is 13.0. The van der Waals surface area contributed by atoms with Crippen LogP contribution in [-0.2, 0) is 0 Å². The monoisotopic (exact) mass is 483 g/mol. The molecule has 150 valence electrons. The molecule has 1 aromatic heterocycles. The molecule has 3 N–H and O–H groups in total. The van der Waals surface area contributed by atoms with Gasteiger partial charge in [0.2, 0.25) is 5.55 Å². The average molecular weight is 485 g/mol. The van der Waals surface area contributed by atoms with Gasteiger partial charge in [0, 0.05) is 26.6 Å². The number of fused-ring (bicyclic) bond motifs is 1. The number of nitrogens with one attached hydrogen (secondary N) is 2. The smallest absolute Gasteiger partial charge is 0.261 e. The topological polar surface area (TPSA) is 86.9 Å². The molecule has 0 atom stereocenters. The summed E-state index contributed by atoms with van der Waals surface area (Å²) in [6.07, 6.45) is 0. The third kappa shape index (κ3) is 4.64. The van der Waals surface area contributed by atoms with Gasteiger partial charge in [-0.05, 0) is 60.7 Å². The highest BCUT2D eigenvalue weighted by Crippen LogP contribution is 2.21. The van der Waals surface area contributed by atoms with Crippen LogP contribution in [0.1, 0.15) is 10.4 Å². The maximum absolute atomic E-state index is 13.0. The Morgan fingerprint density at radius 1 is 1.00 bits per heavy atom. The van der Waals surface area contributed by atoms with Gasteiger partial charge in [0.05, 0.1) is 5.69 Å². The summed E-state index contributed by atoms with van der Waals surface area (Å²) in [5, 5.41) is 18.0. The fourth-order valence-electron chi connectivity index (χ4n) is 2.76. The number of benzene rings is 3. The molecule has 3 aromatic carbocycles. The highest BCUT2D eigenvalue weighted by atomic mass is 79.9. The Labute approximate surface area is 184 Å². The van der Waals surface area contributed by atoms with E-state index in [1.54, 1.807) is 36.4 Å². The van der Waals surface area contributed by atoms with Gasteiger partial charge in [0.25, 0.3) is 5.91 Å². The van der Waals surface area contributed by atoms with Crippen molar-refractivity contribution in [2.45, 2.75) is 0 Å². The number of nitrogens with zero attached hydrogens (tertiary/aromatic N) is 1. The average Bonchev–Trinajstić information content (AvgIpc) is 2.72. The highest BCUT2D eigenvalue weighted by molar-refractivity contribution is 9.10. The van der Waals surface area contributed by atoms with Crippen LogP contribution < -0.4 is 16.3 Å². The number of aromatic hydroxyl groups is 1. The minimum atomic E-state index is -0.410. The molecule has 0 bridgehead atoms. The number of amides is 1. The van der Waals surface area contributed by atoms with E-state index in [9.17, 15) is 9.90 Å². The van der Waals surface area contributed by atoms with E-state index in [2.05, 4.69) is 31.8 Å². The quantitative estimate of drug-likeness (QED) is 0.323. The molecule has 0 saturated heterocycles. The predicted octanol–water partition coefficient (Wildman–Crippen LogP) is 5.73. The van der Waals surface area contributed by atoms with Gasteiger partial charge in [0.1, 0.15) is 16.9 Å². The van der Waals surface area contributed by atoms with Crippen molar-refractivity contribution in [3.05, 3.63) is 93.4 Å². The van der Waals surface area contributed by atoms with Gasteiger partial charge >= 0.3 is 0 Å². The molecule has 1 heterocycles. The first-order valence-corrected chi connectivity index (χ1v) is 10.0. The Hall–Kier alpha value is -3.29. The molecule has 0 saturated carbocycles. The van der Waals surface area contributed by atoms with Crippen LogP contribution in [0, 0.1) is 0 Å². The molecule has 30 heavy (non-hydrogen) atoms. The van der Waals surface area contributed by atoms with E-state index >= 15 is 0 Å². The van der Waals surface area contributed by atoms with E-state index in [1.807, 2.05) is 24.3 Å². The van der Waals surface area contributed by atoms with E-state index in [0.717, 1.165) is 4.47 Å². The lowest BCUT2D eigenvalue weighted by molar-refractivity contribution is 0.102. The fourth-order valence-corrected chi connectivity index (χ4v) is 3.21. The van der Waals surface area contributed by atoms with Crippen molar-refractivity contribution >= 4 is 55.8 Å². The predicted molar refractivity (Wildman–Crippen MR) is 121 cm³/mol. The second-order valence-electron chi connectivity index (χ2n) is 6.38. The zero-order chi connectivity index (χ0) is 21.1. The second kappa shape index (κ2) is 8.61. The van der Waals surface area contributed by atoms with E-state index in [0.29, 0.717) is 27.4 Å². The fraction of sp³-hybridized carbons (Fsp3) is 0. The molecule has 0 fully saturated rings. The van der Waals surface area contributed by atoms with Gasteiger partial charge in [-0.25, -0.2) is 0 Å². The summed E-state index contributed by atoms with van der Waals surface area (Å²) < 4.78 is 6.75. The molecule has 0 spiro atoms. The van der Waals surface area contributed by atoms with E-state index in [1.165, 1.54) is 12.1 Å². The van der Waals surface area contributed by atoms with Crippen LogP contribution in [0.4, 0.5) is 11.4 Å². The Balaban J connectivity index is 1.76. The zero-order valence-corrected chi connectivity index (χ0v) is 17.7. The molecule has 4 rings (SSSR count). The number of rotatable bonds is 4. The summed E-state index contributed by atoms with van der Waals surface area (Å²) in [5.74, 6) is -0.360. The minimum absolute atomic E-state index is 0.0502. The Morgan fingerprint density at radius 2 is 1.80 bits per heavy atom. The Kier molecular flexibility index (Phi) is 5.74. The molecule has 4 aromatic rings. The zero-order valence-electron chi connectivity index (χ0n) is 15.4. The third-order valence-corrected chi connectivity index (χ3v) is 4.96. The molecule has 0 aliphatic carbocycles. The van der Waals surface area contributed by atoms with E-state index in [4.69, 9.17) is 16.0 Å². The van der Waals surface area contributed by atoms with Crippen LogP contribution in [0.5, 0.6) is 5.75 Å². The third-order valence-electron chi connectivity index (χ3n) is 4.19. The van der Waals surface area contributed by atoms with Gasteiger partial charge in [-0.3, -0.25) is 10.2 Å². The van der Waals surface area contributed by atoms with Crippen molar-refractivity contribution in [1.82, 2.24) is 0 Å². The molecule has 0 unspecified atom stereocenters. The van der Waals surface area contributed by atoms with Crippen molar-refractivity contribution in [3.63, 3.8) is 0 Å². The maximum Gasteiger partial charge on any atom is 0.261 e. The normalized spacial score (nSPS) is 11.5. The summed E-state index contributed by atoms with van der Waals surface area (Å²) >= 11 is 9.38. The first kappa shape index (κ1) is 20.0. The standard InChI is InChI=1S/C22H15BrClN3O3/c23-14-5-7-16(8-6-14)26-27-22-19(10-13-4-9-18(28)12-20(13)30-22)21(29)25-17-3-1-2-15(24)11-17/h1-12,26,28H,(H,25,29). The van der Waals surface area contributed by atoms with Crippen molar-refractivity contribution < 1.29 is 14.3 Å². The first-order chi connectivity index (χ1) is 14.5. The van der Waals surface area contributed by atoms with Crippen molar-refractivity contribution in [3.8, 4) is 5.75 Å². The molecule has 0 aliphatic heterocycles. The summed E-state index contributed by atoms with van der Waals surface area (Å²) in [6.45, 7) is 0. The molecule has 6 nitrogen and oxygen atoms in total. The number of hydrogen-bond donors (Lipinski definition) is 3. The Bertz CT molecular complexity index is 1300. The second-order valence-corrected chi connectivity index (χ2v) is 7.73. The van der Waals surface area contributed by atoms with Crippen molar-refractivity contribution in [2.75, 3.05) is 10.7 Å². The molecule has 8 heteroatoms. The molecular weight excluding hydrogens is 470 g/mol. The number of halogens is 2. The lowest BCUT2D eigenvalue weighted by Gasteiger charge is -2.08. The van der Waals surface area contributed by atoms with Gasteiger partial charge in [-0.1, -0.05) is 33.6 Å². The largest absolute Gasteiger partial charge is 0.508 e. The summed E-state index contributed by atoms with van der Waals surface area (Å²) in [6, 6.07) is 20.5. The van der Waals surface area contributed by atoms with E-state index < -0.39 is 5.91 Å². The van der Waals surface area contributed by atoms with Crippen LogP contribution in [0.25, 0.3) is 11.0 Å². The van der Waals surface area contributed by atoms with Crippen LogP contribution in [0.3, 0.4) is 0 Å². The van der Waals surface area contributed by atoms with Crippen molar-refractivity contribution in [2.24, 2.45) is 5.10 Å². The van der Waals surface area contributed by atoms with Crippen LogP contribution in [-0.4, -0.2) is 11.0 Å². The molecule has 1 amide bonds. The molecular formula is C22H15BrClN3O3. The lowest BCUT2D eigenvalue weighted by atomic mass is 10.1. The van der Waals surface area contributed by atoms with E-state index in [-0.39, 0.29) is 16.9 Å². The van der Waals surface area contributed by atoms with Crippen LogP contribution in [0.15, 0.2) is 86.8 Å². The van der Waals surface area contributed by atoms with Crippen LogP contribution in [0.2, 0.25) is 5.02 Å². The van der Waals surface area contributed by atoms with Crippen molar-refractivity contribution in [1.29, 1.82) is 0 Å². The number of phenols is 1. The lowest BCUT2D eigenvalue weighted by Crippen LogP contribution is -2.22. The number of phenolic OH excluding ortho intramolecular Hbond substituents is 1. The summed E-state index contributed by atoms with van der Waals surface area (Å²) in [5.41, 5.74) is 4.82. The molecule has 0 radical (unpaired) electrons. The SMILES string of the molecule is O=C(Nc1cccc(Cl)c1)c1cc2ccc(O)cc2oc1=NNc1ccc(Br)cc1. The number of carbonyl (C=O) groups excluding carboxylic acids is 1. The highest BCUT2D eigenvalue weighted by Gasteiger charge is 2.14. The van der Waals surface area contributed by atoms with Crippen LogP contribution >= 0.6 is 27.5 Å².